The topological polar surface area (TPSA) is 83.6 Å². The molecule has 0 unspecified atom stereocenters. The molecule has 0 heterocycles. The Morgan fingerprint density at radius 2 is 1.45 bits per heavy atom. The fourth-order valence-electron chi connectivity index (χ4n) is 2.48. The summed E-state index contributed by atoms with van der Waals surface area (Å²) in [6.07, 6.45) is 12.0. The number of carbonyl (C=O) groups is 2. The molecule has 0 atom stereocenters. The smallest absolute Gasteiger partial charge is 0.323 e. The Hall–Kier alpha value is -1.10. The van der Waals surface area contributed by atoms with Crippen molar-refractivity contribution >= 4 is 11.9 Å². The van der Waals surface area contributed by atoms with Gasteiger partial charge in [-0.1, -0.05) is 58.3 Å². The van der Waals surface area contributed by atoms with Gasteiger partial charge in [-0.3, -0.25) is 9.59 Å². The summed E-state index contributed by atoms with van der Waals surface area (Å²) in [5, 5.41) is 8.84. The lowest BCUT2D eigenvalue weighted by molar-refractivity contribution is -0.144. The quantitative estimate of drug-likeness (QED) is 0.455. The molecule has 0 aromatic carbocycles. The fraction of sp³-hybridized carbons (Fsp3) is 0.882. The molecule has 0 bridgehead atoms. The highest BCUT2D eigenvalue weighted by atomic mass is 16.4. The van der Waals surface area contributed by atoms with Crippen LogP contribution in [0.1, 0.15) is 77.6 Å². The van der Waals surface area contributed by atoms with Crippen molar-refractivity contribution in [2.45, 2.75) is 77.6 Å². The van der Waals surface area contributed by atoms with Gasteiger partial charge in [0.25, 0.3) is 0 Å². The van der Waals surface area contributed by atoms with Crippen LogP contribution in [-0.2, 0) is 9.59 Å². The first-order chi connectivity index (χ1) is 10.6. The van der Waals surface area contributed by atoms with E-state index in [9.17, 15) is 9.59 Å². The zero-order chi connectivity index (χ0) is 16.6. The maximum atomic E-state index is 12.0. The van der Waals surface area contributed by atoms with Gasteiger partial charge in [0.2, 0.25) is 5.91 Å². The molecule has 22 heavy (non-hydrogen) atoms. The molecule has 3 N–H and O–H groups in total. The van der Waals surface area contributed by atoms with Crippen LogP contribution in [0.2, 0.25) is 0 Å². The van der Waals surface area contributed by atoms with E-state index in [4.69, 9.17) is 10.8 Å². The highest BCUT2D eigenvalue weighted by Gasteiger charge is 2.15. The molecule has 5 heteroatoms. The van der Waals surface area contributed by atoms with Gasteiger partial charge < -0.3 is 15.7 Å². The number of rotatable bonds is 15. The zero-order valence-corrected chi connectivity index (χ0v) is 14.2. The number of unbranched alkanes of at least 4 members (excludes halogenated alkanes) is 8. The van der Waals surface area contributed by atoms with Crippen molar-refractivity contribution in [2.24, 2.45) is 5.73 Å². The van der Waals surface area contributed by atoms with Crippen LogP contribution in [0.5, 0.6) is 0 Å². The Bertz CT molecular complexity index is 296. The second-order valence-electron chi connectivity index (χ2n) is 5.93. The van der Waals surface area contributed by atoms with Crippen LogP contribution >= 0.6 is 0 Å². The lowest BCUT2D eigenvalue weighted by Crippen LogP contribution is -2.37. The van der Waals surface area contributed by atoms with Crippen LogP contribution in [-0.4, -0.2) is 41.5 Å². The van der Waals surface area contributed by atoms with E-state index in [0.717, 1.165) is 12.8 Å². The van der Waals surface area contributed by atoms with Crippen molar-refractivity contribution in [3.8, 4) is 0 Å². The third-order valence-corrected chi connectivity index (χ3v) is 3.81. The van der Waals surface area contributed by atoms with Crippen LogP contribution in [0.15, 0.2) is 0 Å². The van der Waals surface area contributed by atoms with Crippen molar-refractivity contribution < 1.29 is 14.7 Å². The van der Waals surface area contributed by atoms with E-state index >= 15 is 0 Å². The van der Waals surface area contributed by atoms with Gasteiger partial charge in [0.1, 0.15) is 6.54 Å². The summed E-state index contributed by atoms with van der Waals surface area (Å²) in [6, 6.07) is 0. The van der Waals surface area contributed by atoms with Crippen LogP contribution in [0.4, 0.5) is 0 Å². The molecular formula is C17H34N2O3. The van der Waals surface area contributed by atoms with Gasteiger partial charge in [-0.2, -0.15) is 0 Å². The average molecular weight is 314 g/mol. The van der Waals surface area contributed by atoms with Gasteiger partial charge in [0, 0.05) is 13.0 Å². The van der Waals surface area contributed by atoms with E-state index in [1.54, 1.807) is 0 Å². The molecule has 0 spiro atoms. The standard InChI is InChI=1S/C17H34N2O3/c1-2-3-4-5-6-7-8-9-10-12-16(20)19(14-11-13-18)15-17(21)22/h2-15,18H2,1H3,(H,21,22). The molecule has 0 radical (unpaired) electrons. The molecule has 0 saturated carbocycles. The van der Waals surface area contributed by atoms with Crippen molar-refractivity contribution in [2.75, 3.05) is 19.6 Å². The first-order valence-electron chi connectivity index (χ1n) is 8.81. The van der Waals surface area contributed by atoms with Crippen LogP contribution in [0, 0.1) is 0 Å². The summed E-state index contributed by atoms with van der Waals surface area (Å²) < 4.78 is 0. The summed E-state index contributed by atoms with van der Waals surface area (Å²) >= 11 is 0. The lowest BCUT2D eigenvalue weighted by atomic mass is 10.1. The van der Waals surface area contributed by atoms with E-state index in [0.29, 0.717) is 25.9 Å². The Morgan fingerprint density at radius 1 is 0.909 bits per heavy atom. The molecule has 0 fully saturated rings. The largest absolute Gasteiger partial charge is 0.480 e. The molecule has 0 saturated heterocycles. The predicted molar refractivity (Wildman–Crippen MR) is 89.7 cm³/mol. The molecule has 0 rings (SSSR count). The monoisotopic (exact) mass is 314 g/mol. The van der Waals surface area contributed by atoms with Crippen LogP contribution in [0.25, 0.3) is 0 Å². The van der Waals surface area contributed by atoms with Crippen molar-refractivity contribution in [3.63, 3.8) is 0 Å². The highest BCUT2D eigenvalue weighted by Crippen LogP contribution is 2.11. The predicted octanol–water partition coefficient (Wildman–Crippen LogP) is 3.17. The highest BCUT2D eigenvalue weighted by molar-refractivity contribution is 5.81. The Morgan fingerprint density at radius 3 is 1.95 bits per heavy atom. The minimum Gasteiger partial charge on any atom is -0.480 e. The third kappa shape index (κ3) is 12.6. The summed E-state index contributed by atoms with van der Waals surface area (Å²) in [5.74, 6) is -1.02. The number of hydrogen-bond acceptors (Lipinski definition) is 3. The molecule has 130 valence electrons. The molecule has 0 aliphatic carbocycles. The van der Waals surface area contributed by atoms with Crippen molar-refractivity contribution in [1.82, 2.24) is 4.90 Å². The number of carboxylic acids is 1. The Kier molecular flexibility index (Phi) is 14.1. The molecular weight excluding hydrogens is 280 g/mol. The normalized spacial score (nSPS) is 10.6. The van der Waals surface area contributed by atoms with E-state index in [1.807, 2.05) is 0 Å². The summed E-state index contributed by atoms with van der Waals surface area (Å²) in [6.45, 7) is 2.93. The molecule has 0 aromatic heterocycles. The first-order valence-corrected chi connectivity index (χ1v) is 8.81. The summed E-state index contributed by atoms with van der Waals surface area (Å²) in [7, 11) is 0. The van der Waals surface area contributed by atoms with Crippen LogP contribution in [0.3, 0.4) is 0 Å². The van der Waals surface area contributed by atoms with Gasteiger partial charge in [-0.25, -0.2) is 0 Å². The third-order valence-electron chi connectivity index (χ3n) is 3.81. The van der Waals surface area contributed by atoms with Crippen molar-refractivity contribution in [3.05, 3.63) is 0 Å². The molecule has 0 aliphatic rings. The fourth-order valence-corrected chi connectivity index (χ4v) is 2.48. The molecule has 1 amide bonds. The lowest BCUT2D eigenvalue weighted by Gasteiger charge is -2.20. The van der Waals surface area contributed by atoms with Gasteiger partial charge in [0.05, 0.1) is 0 Å². The van der Waals surface area contributed by atoms with E-state index < -0.39 is 5.97 Å². The van der Waals surface area contributed by atoms with Gasteiger partial charge in [0.15, 0.2) is 0 Å². The maximum Gasteiger partial charge on any atom is 0.323 e. The number of hydrogen-bond donors (Lipinski definition) is 2. The van der Waals surface area contributed by atoms with Gasteiger partial charge in [-0.05, 0) is 19.4 Å². The van der Waals surface area contributed by atoms with Crippen molar-refractivity contribution in [1.29, 1.82) is 0 Å². The Balaban J connectivity index is 3.68. The SMILES string of the molecule is CCCCCCCCCCCC(=O)N(CCCN)CC(=O)O. The van der Waals surface area contributed by atoms with Gasteiger partial charge in [-0.15, -0.1) is 0 Å². The number of aliphatic carboxylic acids is 1. The number of amides is 1. The summed E-state index contributed by atoms with van der Waals surface area (Å²) in [4.78, 5) is 24.2. The number of nitrogens with two attached hydrogens (primary N) is 1. The van der Waals surface area contributed by atoms with Crippen LogP contribution < -0.4 is 5.73 Å². The minimum atomic E-state index is -0.961. The van der Waals surface area contributed by atoms with Gasteiger partial charge >= 0.3 is 5.97 Å². The van der Waals surface area contributed by atoms with E-state index in [-0.39, 0.29) is 12.5 Å². The zero-order valence-electron chi connectivity index (χ0n) is 14.2. The number of carboxylic acid groups (broad SMARTS) is 1. The van der Waals surface area contributed by atoms with E-state index in [1.165, 1.54) is 49.8 Å². The second kappa shape index (κ2) is 14.8. The number of carbonyl (C=O) groups excluding carboxylic acids is 1. The maximum absolute atomic E-state index is 12.0. The Labute approximate surface area is 135 Å². The average Bonchev–Trinajstić information content (AvgIpc) is 2.49. The molecule has 5 nitrogen and oxygen atoms in total. The minimum absolute atomic E-state index is 0.0567. The molecule has 0 aromatic rings. The second-order valence-corrected chi connectivity index (χ2v) is 5.93. The van der Waals surface area contributed by atoms with E-state index in [2.05, 4.69) is 6.92 Å². The molecule has 0 aliphatic heterocycles. The number of nitrogens with zero attached hydrogens (tertiary/aromatic N) is 1. The first kappa shape index (κ1) is 20.9. The summed E-state index contributed by atoms with van der Waals surface area (Å²) in [5.41, 5.74) is 5.42.